The Labute approximate surface area is 122 Å². The highest BCUT2D eigenvalue weighted by molar-refractivity contribution is 5.81. The Morgan fingerprint density at radius 1 is 0.955 bits per heavy atom. The van der Waals surface area contributed by atoms with Gasteiger partial charge < -0.3 is 4.57 Å². The fraction of sp³-hybridized carbons (Fsp3) is 0.0667. The first-order valence-electron chi connectivity index (χ1n) is 6.19. The fourth-order valence-corrected chi connectivity index (χ4v) is 2.21. The number of halogens is 4. The fourth-order valence-electron chi connectivity index (χ4n) is 2.21. The highest BCUT2D eigenvalue weighted by Gasteiger charge is 2.16. The molecule has 0 unspecified atom stereocenters. The van der Waals surface area contributed by atoms with Gasteiger partial charge in [-0.15, -0.1) is 0 Å². The molecule has 0 aliphatic heterocycles. The maximum atomic E-state index is 13.4. The number of nitriles is 1. The third-order valence-corrected chi connectivity index (χ3v) is 3.20. The number of aromatic nitrogens is 2. The summed E-state index contributed by atoms with van der Waals surface area (Å²) in [6, 6.07) is 6.79. The molecule has 0 saturated carbocycles. The molecule has 0 fully saturated rings. The van der Waals surface area contributed by atoms with Crippen molar-refractivity contribution < 1.29 is 17.6 Å². The standard InChI is InChI=1S/C15H7F4N3/c16-9-2-1-8(5-10(9)17)15-21-13-6-11(18)12(19)7-14(13)22(15)4-3-20/h1-2,5-7H,4H2. The van der Waals surface area contributed by atoms with Gasteiger partial charge in [-0.3, -0.25) is 0 Å². The van der Waals surface area contributed by atoms with Gasteiger partial charge in [0, 0.05) is 17.7 Å². The molecule has 0 aliphatic carbocycles. The van der Waals surface area contributed by atoms with Crippen LogP contribution in [0.4, 0.5) is 17.6 Å². The van der Waals surface area contributed by atoms with Crippen molar-refractivity contribution in [3.63, 3.8) is 0 Å². The molecule has 3 aromatic rings. The zero-order chi connectivity index (χ0) is 15.9. The first-order chi connectivity index (χ1) is 10.5. The molecule has 0 amide bonds. The largest absolute Gasteiger partial charge is 0.310 e. The lowest BCUT2D eigenvalue weighted by atomic mass is 10.2. The van der Waals surface area contributed by atoms with E-state index in [4.69, 9.17) is 5.26 Å². The molecule has 0 N–H and O–H groups in total. The minimum atomic E-state index is -1.08. The van der Waals surface area contributed by atoms with Crippen molar-refractivity contribution in [1.82, 2.24) is 9.55 Å². The number of hydrogen-bond donors (Lipinski definition) is 0. The van der Waals surface area contributed by atoms with Crippen molar-refractivity contribution >= 4 is 11.0 Å². The summed E-state index contributed by atoms with van der Waals surface area (Å²) < 4.78 is 54.4. The van der Waals surface area contributed by atoms with Crippen LogP contribution in [0, 0.1) is 34.6 Å². The number of rotatable bonds is 2. The summed E-state index contributed by atoms with van der Waals surface area (Å²) in [6.45, 7) is -0.199. The van der Waals surface area contributed by atoms with Crippen LogP contribution in [0.5, 0.6) is 0 Å². The smallest absolute Gasteiger partial charge is 0.161 e. The highest BCUT2D eigenvalue weighted by Crippen LogP contribution is 2.27. The molecule has 3 nitrogen and oxygen atoms in total. The molecular formula is C15H7F4N3. The Hall–Kier alpha value is -2.88. The number of benzene rings is 2. The summed E-state index contributed by atoms with van der Waals surface area (Å²) in [5.74, 6) is -4.14. The van der Waals surface area contributed by atoms with Gasteiger partial charge in [0.15, 0.2) is 23.3 Å². The Morgan fingerprint density at radius 2 is 1.64 bits per heavy atom. The lowest BCUT2D eigenvalue weighted by molar-refractivity contribution is 0.509. The Morgan fingerprint density at radius 3 is 2.32 bits per heavy atom. The molecule has 0 radical (unpaired) electrons. The van der Waals surface area contributed by atoms with Crippen LogP contribution in [0.25, 0.3) is 22.4 Å². The molecule has 1 heterocycles. The van der Waals surface area contributed by atoms with E-state index in [1.807, 2.05) is 6.07 Å². The highest BCUT2D eigenvalue weighted by atomic mass is 19.2. The van der Waals surface area contributed by atoms with Crippen LogP contribution in [-0.2, 0) is 6.54 Å². The molecule has 0 spiro atoms. The van der Waals surface area contributed by atoms with Crippen LogP contribution in [0.15, 0.2) is 30.3 Å². The zero-order valence-corrected chi connectivity index (χ0v) is 10.9. The van der Waals surface area contributed by atoms with Gasteiger partial charge in [-0.05, 0) is 18.2 Å². The Balaban J connectivity index is 2.30. The quantitative estimate of drug-likeness (QED) is 0.676. The summed E-state index contributed by atoms with van der Waals surface area (Å²) >= 11 is 0. The van der Waals surface area contributed by atoms with E-state index in [1.165, 1.54) is 10.6 Å². The van der Waals surface area contributed by atoms with Crippen molar-refractivity contribution in [3.8, 4) is 17.5 Å². The Bertz CT molecular complexity index is 925. The second-order valence-corrected chi connectivity index (χ2v) is 4.56. The molecule has 0 atom stereocenters. The third-order valence-electron chi connectivity index (χ3n) is 3.20. The van der Waals surface area contributed by atoms with E-state index >= 15 is 0 Å². The first-order valence-corrected chi connectivity index (χ1v) is 6.19. The van der Waals surface area contributed by atoms with E-state index in [0.29, 0.717) is 0 Å². The zero-order valence-electron chi connectivity index (χ0n) is 10.9. The van der Waals surface area contributed by atoms with Gasteiger partial charge in [-0.25, -0.2) is 22.5 Å². The van der Waals surface area contributed by atoms with Gasteiger partial charge in [0.2, 0.25) is 0 Å². The van der Waals surface area contributed by atoms with E-state index in [9.17, 15) is 17.6 Å². The molecule has 0 saturated heterocycles. The number of hydrogen-bond acceptors (Lipinski definition) is 2. The molecule has 2 aromatic carbocycles. The molecule has 110 valence electrons. The van der Waals surface area contributed by atoms with Gasteiger partial charge in [0.05, 0.1) is 17.1 Å². The van der Waals surface area contributed by atoms with E-state index in [0.717, 1.165) is 24.3 Å². The second-order valence-electron chi connectivity index (χ2n) is 4.56. The van der Waals surface area contributed by atoms with Gasteiger partial charge in [0.1, 0.15) is 12.4 Å². The average molecular weight is 305 g/mol. The number of imidazole rings is 1. The van der Waals surface area contributed by atoms with Crippen molar-refractivity contribution in [2.75, 3.05) is 0 Å². The van der Waals surface area contributed by atoms with Crippen LogP contribution in [-0.4, -0.2) is 9.55 Å². The maximum absolute atomic E-state index is 13.4. The first kappa shape index (κ1) is 14.1. The Kier molecular flexibility index (Phi) is 3.29. The lowest BCUT2D eigenvalue weighted by Gasteiger charge is -2.05. The minimum Gasteiger partial charge on any atom is -0.310 e. The summed E-state index contributed by atoms with van der Waals surface area (Å²) in [6.07, 6.45) is 0. The van der Waals surface area contributed by atoms with E-state index in [2.05, 4.69) is 4.98 Å². The van der Waals surface area contributed by atoms with Crippen LogP contribution < -0.4 is 0 Å². The summed E-state index contributed by atoms with van der Waals surface area (Å²) in [4.78, 5) is 4.09. The SMILES string of the molecule is N#CCn1c(-c2ccc(F)c(F)c2)nc2cc(F)c(F)cc21. The molecule has 1 aromatic heterocycles. The predicted octanol–water partition coefficient (Wildman–Crippen LogP) is 3.78. The third kappa shape index (κ3) is 2.19. The molecule has 22 heavy (non-hydrogen) atoms. The van der Waals surface area contributed by atoms with Gasteiger partial charge in [-0.1, -0.05) is 0 Å². The van der Waals surface area contributed by atoms with E-state index < -0.39 is 23.3 Å². The van der Waals surface area contributed by atoms with Crippen molar-refractivity contribution in [2.45, 2.75) is 6.54 Å². The normalized spacial score (nSPS) is 10.9. The van der Waals surface area contributed by atoms with Crippen LogP contribution in [0.3, 0.4) is 0 Å². The van der Waals surface area contributed by atoms with Gasteiger partial charge in [0.25, 0.3) is 0 Å². The van der Waals surface area contributed by atoms with Crippen LogP contribution in [0.2, 0.25) is 0 Å². The van der Waals surface area contributed by atoms with E-state index in [1.54, 1.807) is 0 Å². The predicted molar refractivity (Wildman–Crippen MR) is 70.6 cm³/mol. The average Bonchev–Trinajstić information content (AvgIpc) is 2.81. The molecule has 3 rings (SSSR count). The monoisotopic (exact) mass is 305 g/mol. The van der Waals surface area contributed by atoms with E-state index in [-0.39, 0.29) is 29.0 Å². The van der Waals surface area contributed by atoms with Crippen molar-refractivity contribution in [3.05, 3.63) is 53.6 Å². The van der Waals surface area contributed by atoms with Crippen molar-refractivity contribution in [2.24, 2.45) is 0 Å². The molecular weight excluding hydrogens is 298 g/mol. The van der Waals surface area contributed by atoms with Crippen LogP contribution in [0.1, 0.15) is 0 Å². The molecule has 7 heteroatoms. The number of fused-ring (bicyclic) bond motifs is 1. The molecule has 0 aliphatic rings. The van der Waals surface area contributed by atoms with Gasteiger partial charge >= 0.3 is 0 Å². The van der Waals surface area contributed by atoms with Gasteiger partial charge in [-0.2, -0.15) is 5.26 Å². The lowest BCUT2D eigenvalue weighted by Crippen LogP contribution is -2.00. The minimum absolute atomic E-state index is 0.119. The summed E-state index contributed by atoms with van der Waals surface area (Å²) in [7, 11) is 0. The van der Waals surface area contributed by atoms with Crippen molar-refractivity contribution in [1.29, 1.82) is 5.26 Å². The van der Waals surface area contributed by atoms with Crippen LogP contribution >= 0.6 is 0 Å². The summed E-state index contributed by atoms with van der Waals surface area (Å²) in [5, 5.41) is 8.89. The maximum Gasteiger partial charge on any atom is 0.161 e. The topological polar surface area (TPSA) is 41.6 Å². The number of nitrogens with zero attached hydrogens (tertiary/aromatic N) is 3. The summed E-state index contributed by atoms with van der Waals surface area (Å²) in [5.41, 5.74) is 0.514. The molecule has 0 bridgehead atoms. The second kappa shape index (κ2) is 5.15.